The Hall–Kier alpha value is -2.11. The number of aryl methyl sites for hydroxylation is 1. The van der Waals surface area contributed by atoms with Gasteiger partial charge >= 0.3 is 5.97 Å². The van der Waals surface area contributed by atoms with E-state index in [1.165, 1.54) is 17.1 Å². The number of carbonyl (C=O) groups is 1. The molecule has 2 heterocycles. The molecule has 0 saturated heterocycles. The van der Waals surface area contributed by atoms with E-state index in [1.54, 1.807) is 7.05 Å². The maximum absolute atomic E-state index is 10.7. The second-order valence-corrected chi connectivity index (χ2v) is 2.90. The Morgan fingerprint density at radius 1 is 1.57 bits per heavy atom. The predicted molar refractivity (Wildman–Crippen MR) is 49.9 cm³/mol. The lowest BCUT2D eigenvalue weighted by Crippen LogP contribution is -2.04. The van der Waals surface area contributed by atoms with Crippen molar-refractivity contribution in [3.63, 3.8) is 0 Å². The van der Waals surface area contributed by atoms with Crippen molar-refractivity contribution in [1.82, 2.24) is 14.8 Å². The van der Waals surface area contributed by atoms with Crippen molar-refractivity contribution in [2.75, 3.05) is 5.73 Å². The molecule has 0 bridgehead atoms. The Kier molecular flexibility index (Phi) is 1.63. The van der Waals surface area contributed by atoms with E-state index in [9.17, 15) is 4.79 Å². The van der Waals surface area contributed by atoms with Crippen LogP contribution in [0.25, 0.3) is 11.0 Å². The van der Waals surface area contributed by atoms with Gasteiger partial charge in [0.2, 0.25) is 0 Å². The summed E-state index contributed by atoms with van der Waals surface area (Å²) in [5.74, 6) is -1.08. The monoisotopic (exact) mass is 192 g/mol. The first kappa shape index (κ1) is 8.49. The van der Waals surface area contributed by atoms with Gasteiger partial charge < -0.3 is 10.8 Å². The van der Waals surface area contributed by atoms with Gasteiger partial charge in [-0.3, -0.25) is 4.68 Å². The third-order valence-corrected chi connectivity index (χ3v) is 2.03. The van der Waals surface area contributed by atoms with Crippen molar-refractivity contribution in [1.29, 1.82) is 0 Å². The van der Waals surface area contributed by atoms with E-state index in [2.05, 4.69) is 10.1 Å². The molecular formula is C8H8N4O2. The Balaban J connectivity index is 2.82. The molecule has 0 atom stereocenters. The number of pyridine rings is 1. The highest BCUT2D eigenvalue weighted by Crippen LogP contribution is 2.21. The van der Waals surface area contributed by atoms with Crippen molar-refractivity contribution in [2.45, 2.75) is 0 Å². The zero-order chi connectivity index (χ0) is 10.3. The van der Waals surface area contributed by atoms with Gasteiger partial charge in [0.25, 0.3) is 0 Å². The van der Waals surface area contributed by atoms with E-state index in [-0.39, 0.29) is 11.3 Å². The molecule has 0 aliphatic rings. The van der Waals surface area contributed by atoms with E-state index in [1.807, 2.05) is 0 Å². The molecule has 6 nitrogen and oxygen atoms in total. The first-order valence-electron chi connectivity index (χ1n) is 3.90. The van der Waals surface area contributed by atoms with E-state index in [0.29, 0.717) is 11.0 Å². The minimum absolute atomic E-state index is 0.00509. The Labute approximate surface area is 79.0 Å². The summed E-state index contributed by atoms with van der Waals surface area (Å²) in [4.78, 5) is 14.7. The molecule has 3 N–H and O–H groups in total. The largest absolute Gasteiger partial charge is 0.478 e. The fraction of sp³-hybridized carbons (Fsp3) is 0.125. The average molecular weight is 192 g/mol. The molecule has 2 aromatic heterocycles. The molecule has 0 unspecified atom stereocenters. The van der Waals surface area contributed by atoms with Gasteiger partial charge in [0.1, 0.15) is 5.56 Å². The van der Waals surface area contributed by atoms with Crippen LogP contribution in [0.1, 0.15) is 10.4 Å². The number of aromatic carboxylic acids is 1. The summed E-state index contributed by atoms with van der Waals surface area (Å²) in [7, 11) is 1.72. The molecule has 0 spiro atoms. The highest BCUT2D eigenvalue weighted by molar-refractivity contribution is 6.02. The number of rotatable bonds is 1. The van der Waals surface area contributed by atoms with Crippen molar-refractivity contribution in [3.05, 3.63) is 18.0 Å². The lowest BCUT2D eigenvalue weighted by molar-refractivity contribution is 0.0698. The van der Waals surface area contributed by atoms with Gasteiger partial charge in [-0.05, 0) is 0 Å². The summed E-state index contributed by atoms with van der Waals surface area (Å²) >= 11 is 0. The average Bonchev–Trinajstić information content (AvgIpc) is 2.49. The first-order valence-corrected chi connectivity index (χ1v) is 3.90. The quantitative estimate of drug-likeness (QED) is 0.675. The lowest BCUT2D eigenvalue weighted by Gasteiger charge is -2.00. The van der Waals surface area contributed by atoms with Crippen LogP contribution in [0.4, 0.5) is 5.69 Å². The minimum Gasteiger partial charge on any atom is -0.478 e. The number of nitrogen functional groups attached to an aromatic ring is 1. The van der Waals surface area contributed by atoms with Gasteiger partial charge in [0, 0.05) is 13.2 Å². The third-order valence-electron chi connectivity index (χ3n) is 2.03. The molecule has 0 amide bonds. The van der Waals surface area contributed by atoms with Crippen molar-refractivity contribution >= 4 is 22.7 Å². The van der Waals surface area contributed by atoms with Crippen LogP contribution in [0.15, 0.2) is 12.4 Å². The Bertz CT molecular complexity index is 517. The highest BCUT2D eigenvalue weighted by atomic mass is 16.4. The number of fused-ring (bicyclic) bond motifs is 1. The maximum atomic E-state index is 10.7. The van der Waals surface area contributed by atoms with Crippen molar-refractivity contribution < 1.29 is 9.90 Å². The molecular weight excluding hydrogens is 184 g/mol. The molecule has 2 aromatic rings. The van der Waals surface area contributed by atoms with Gasteiger partial charge in [-0.15, -0.1) is 0 Å². The van der Waals surface area contributed by atoms with Gasteiger partial charge in [-0.1, -0.05) is 0 Å². The fourth-order valence-corrected chi connectivity index (χ4v) is 1.28. The summed E-state index contributed by atoms with van der Waals surface area (Å²) in [6.07, 6.45) is 2.74. The van der Waals surface area contributed by atoms with Crippen LogP contribution in [0.2, 0.25) is 0 Å². The van der Waals surface area contributed by atoms with Crippen LogP contribution in [0.3, 0.4) is 0 Å². The number of anilines is 1. The van der Waals surface area contributed by atoms with Crippen LogP contribution >= 0.6 is 0 Å². The summed E-state index contributed by atoms with van der Waals surface area (Å²) in [5.41, 5.74) is 6.44. The topological polar surface area (TPSA) is 94.0 Å². The van der Waals surface area contributed by atoms with Crippen LogP contribution < -0.4 is 5.73 Å². The van der Waals surface area contributed by atoms with E-state index in [4.69, 9.17) is 10.8 Å². The number of hydrogen-bond donors (Lipinski definition) is 2. The molecule has 0 aliphatic carbocycles. The number of hydrogen-bond acceptors (Lipinski definition) is 4. The van der Waals surface area contributed by atoms with Crippen molar-refractivity contribution in [3.8, 4) is 0 Å². The van der Waals surface area contributed by atoms with Crippen LogP contribution in [0.5, 0.6) is 0 Å². The van der Waals surface area contributed by atoms with Gasteiger partial charge in [0.15, 0.2) is 5.65 Å². The van der Waals surface area contributed by atoms with Crippen LogP contribution in [0, 0.1) is 0 Å². The summed E-state index contributed by atoms with van der Waals surface area (Å²) < 4.78 is 1.54. The summed E-state index contributed by atoms with van der Waals surface area (Å²) in [6.45, 7) is 0. The molecule has 0 radical (unpaired) electrons. The normalized spacial score (nSPS) is 10.6. The minimum atomic E-state index is -1.08. The number of carboxylic acids is 1. The maximum Gasteiger partial charge on any atom is 0.339 e. The fourth-order valence-electron chi connectivity index (χ4n) is 1.28. The highest BCUT2D eigenvalue weighted by Gasteiger charge is 2.13. The second-order valence-electron chi connectivity index (χ2n) is 2.90. The smallest absolute Gasteiger partial charge is 0.339 e. The Morgan fingerprint density at radius 2 is 2.29 bits per heavy atom. The zero-order valence-electron chi connectivity index (χ0n) is 7.43. The molecule has 0 aliphatic heterocycles. The number of nitrogens with two attached hydrogens (primary N) is 1. The van der Waals surface area contributed by atoms with Gasteiger partial charge in [-0.2, -0.15) is 5.10 Å². The zero-order valence-corrected chi connectivity index (χ0v) is 7.43. The summed E-state index contributed by atoms with van der Waals surface area (Å²) in [6, 6.07) is 0. The molecule has 0 fully saturated rings. The molecule has 6 heteroatoms. The standard InChI is InChI=1S/C8H8N4O2/c1-12-7-4(3-11-12)6(9)5(2-10-7)8(13)14/h2-3H,1H3,(H2,9,10)(H,13,14). The van der Waals surface area contributed by atoms with E-state index >= 15 is 0 Å². The first-order chi connectivity index (χ1) is 6.61. The number of nitrogens with zero attached hydrogens (tertiary/aromatic N) is 3. The molecule has 2 rings (SSSR count). The van der Waals surface area contributed by atoms with E-state index < -0.39 is 5.97 Å². The molecule has 72 valence electrons. The second kappa shape index (κ2) is 2.69. The predicted octanol–water partition coefficient (Wildman–Crippen LogP) is 0.249. The van der Waals surface area contributed by atoms with Crippen LogP contribution in [-0.2, 0) is 7.05 Å². The van der Waals surface area contributed by atoms with Crippen molar-refractivity contribution in [2.24, 2.45) is 7.05 Å². The summed E-state index contributed by atoms with van der Waals surface area (Å²) in [5, 5.41) is 13.3. The third kappa shape index (κ3) is 1.00. The van der Waals surface area contributed by atoms with Crippen LogP contribution in [-0.4, -0.2) is 25.8 Å². The lowest BCUT2D eigenvalue weighted by atomic mass is 10.2. The molecule has 0 saturated carbocycles. The number of carboxylic acid groups (broad SMARTS) is 1. The van der Waals surface area contributed by atoms with Gasteiger partial charge in [-0.25, -0.2) is 9.78 Å². The molecule has 14 heavy (non-hydrogen) atoms. The molecule has 0 aromatic carbocycles. The SMILES string of the molecule is Cn1ncc2c(N)c(C(=O)O)cnc21. The van der Waals surface area contributed by atoms with Gasteiger partial charge in [0.05, 0.1) is 17.3 Å². The number of aromatic nitrogens is 3. The van der Waals surface area contributed by atoms with E-state index in [0.717, 1.165) is 0 Å². The Morgan fingerprint density at radius 3 is 2.93 bits per heavy atom.